The molecule has 7 nitrogen and oxygen atoms in total. The second kappa shape index (κ2) is 10.7. The molecule has 1 spiro atoms. The molecule has 39 heavy (non-hydrogen) atoms. The van der Waals surface area contributed by atoms with E-state index in [1.165, 1.54) is 28.4 Å². The van der Waals surface area contributed by atoms with Gasteiger partial charge in [0.25, 0.3) is 11.8 Å². The van der Waals surface area contributed by atoms with Gasteiger partial charge in [-0.15, -0.1) is 11.3 Å². The first kappa shape index (κ1) is 26.7. The van der Waals surface area contributed by atoms with Crippen LogP contribution in [0.1, 0.15) is 33.6 Å². The number of nitrogens with one attached hydrogen (secondary N) is 1. The molecular weight excluding hydrogens is 529 g/mol. The Morgan fingerprint density at radius 3 is 2.38 bits per heavy atom. The van der Waals surface area contributed by atoms with Crippen LogP contribution in [0.4, 0.5) is 18.9 Å². The molecule has 0 saturated carbocycles. The van der Waals surface area contributed by atoms with E-state index in [1.807, 2.05) is 46.7 Å². The zero-order valence-corrected chi connectivity index (χ0v) is 21.8. The van der Waals surface area contributed by atoms with E-state index in [9.17, 15) is 27.6 Å². The Morgan fingerprint density at radius 2 is 1.72 bits per heavy atom. The Balaban J connectivity index is 1.28. The van der Waals surface area contributed by atoms with Crippen LogP contribution in [-0.4, -0.2) is 59.4 Å². The predicted octanol–water partition coefficient (Wildman–Crippen LogP) is 4.36. The number of hydrogen-bond donors (Lipinski definition) is 1. The lowest BCUT2D eigenvalue weighted by molar-refractivity contribution is -0.138. The molecule has 0 unspecified atom stereocenters. The van der Waals surface area contributed by atoms with E-state index in [1.54, 1.807) is 11.0 Å². The maximum absolute atomic E-state index is 13.8. The number of nitrogens with zero attached hydrogens (tertiary/aromatic N) is 3. The summed E-state index contributed by atoms with van der Waals surface area (Å²) < 4.78 is 39.0. The maximum atomic E-state index is 13.8. The van der Waals surface area contributed by atoms with E-state index >= 15 is 0 Å². The van der Waals surface area contributed by atoms with Crippen LogP contribution in [0.3, 0.4) is 0 Å². The number of hydrogen-bond acceptors (Lipinski definition) is 5. The minimum absolute atomic E-state index is 0.0533. The number of piperidine rings is 1. The number of halogens is 3. The largest absolute Gasteiger partial charge is 0.416 e. The van der Waals surface area contributed by atoms with Crippen molar-refractivity contribution >= 4 is 34.7 Å². The molecule has 1 N–H and O–H groups in total. The van der Waals surface area contributed by atoms with Gasteiger partial charge in [-0.05, 0) is 54.1 Å². The summed E-state index contributed by atoms with van der Waals surface area (Å²) in [6, 6.07) is 17.9. The standard InChI is InChI=1S/C28H27F3N4O3S/c29-28(30,31)21-7-4-6-20(16-21)17-32-24(36)18-34-19-35(22-8-2-1-3-9-22)27(26(34)38)11-13-33(14-12-27)25(37)23-10-5-15-39-23/h1-10,15-16H,11-14,17-19H2,(H,32,36). The molecule has 1 aromatic heterocycles. The predicted molar refractivity (Wildman–Crippen MR) is 141 cm³/mol. The highest BCUT2D eigenvalue weighted by molar-refractivity contribution is 7.12. The Bertz CT molecular complexity index is 1340. The fraction of sp³-hybridized carbons (Fsp3) is 0.321. The first-order chi connectivity index (χ1) is 18.7. The summed E-state index contributed by atoms with van der Waals surface area (Å²) in [7, 11) is 0. The highest BCUT2D eigenvalue weighted by Gasteiger charge is 2.54. The van der Waals surface area contributed by atoms with Crippen LogP contribution in [0.25, 0.3) is 0 Å². The molecule has 5 rings (SSSR count). The van der Waals surface area contributed by atoms with Crippen molar-refractivity contribution in [2.45, 2.75) is 31.1 Å². The number of para-hydroxylation sites is 1. The number of likely N-dealkylation sites (tertiary alicyclic amines) is 1. The van der Waals surface area contributed by atoms with Gasteiger partial charge in [0.05, 0.1) is 17.1 Å². The third-order valence-corrected chi connectivity index (χ3v) is 8.13. The minimum Gasteiger partial charge on any atom is -0.350 e. The van der Waals surface area contributed by atoms with Gasteiger partial charge < -0.3 is 20.0 Å². The zero-order valence-electron chi connectivity index (χ0n) is 21.0. The lowest BCUT2D eigenvalue weighted by Gasteiger charge is -2.43. The summed E-state index contributed by atoms with van der Waals surface area (Å²) in [4.78, 5) is 45.4. The van der Waals surface area contributed by atoms with Gasteiger partial charge in [-0.25, -0.2) is 0 Å². The van der Waals surface area contributed by atoms with E-state index in [-0.39, 0.29) is 31.6 Å². The number of carbonyl (C=O) groups is 3. The highest BCUT2D eigenvalue weighted by Crippen LogP contribution is 2.39. The molecule has 2 fully saturated rings. The molecule has 2 aromatic carbocycles. The van der Waals surface area contributed by atoms with Crippen molar-refractivity contribution in [1.82, 2.24) is 15.1 Å². The first-order valence-electron chi connectivity index (χ1n) is 12.5. The van der Waals surface area contributed by atoms with Crippen molar-refractivity contribution < 1.29 is 27.6 Å². The highest BCUT2D eigenvalue weighted by atomic mass is 32.1. The molecule has 3 aromatic rings. The minimum atomic E-state index is -4.47. The van der Waals surface area contributed by atoms with Crippen LogP contribution in [0.15, 0.2) is 72.1 Å². The van der Waals surface area contributed by atoms with Gasteiger partial charge in [-0.1, -0.05) is 36.4 Å². The molecule has 0 aliphatic carbocycles. The van der Waals surface area contributed by atoms with Gasteiger partial charge >= 0.3 is 6.18 Å². The summed E-state index contributed by atoms with van der Waals surface area (Å²) in [5.41, 5.74) is -0.519. The smallest absolute Gasteiger partial charge is 0.350 e. The quantitative estimate of drug-likeness (QED) is 0.490. The molecule has 0 atom stereocenters. The number of alkyl halides is 3. The Labute approximate surface area is 227 Å². The summed E-state index contributed by atoms with van der Waals surface area (Å²) in [5.74, 6) is -0.706. The topological polar surface area (TPSA) is 73.0 Å². The third kappa shape index (κ3) is 5.49. The second-order valence-electron chi connectivity index (χ2n) is 9.68. The van der Waals surface area contributed by atoms with Crippen LogP contribution in [0.2, 0.25) is 0 Å². The van der Waals surface area contributed by atoms with Gasteiger partial charge in [-0.3, -0.25) is 14.4 Å². The van der Waals surface area contributed by atoms with E-state index in [0.717, 1.165) is 17.8 Å². The summed E-state index contributed by atoms with van der Waals surface area (Å²) >= 11 is 1.38. The van der Waals surface area contributed by atoms with Crippen LogP contribution >= 0.6 is 11.3 Å². The number of carbonyl (C=O) groups excluding carboxylic acids is 3. The summed E-state index contributed by atoms with van der Waals surface area (Å²) in [6.07, 6.45) is -3.64. The first-order valence-corrected chi connectivity index (χ1v) is 13.4. The number of thiophene rings is 1. The molecule has 0 radical (unpaired) electrons. The maximum Gasteiger partial charge on any atom is 0.416 e. The van der Waals surface area contributed by atoms with E-state index in [4.69, 9.17) is 0 Å². The average Bonchev–Trinajstić information content (AvgIpc) is 3.56. The molecule has 3 amide bonds. The Morgan fingerprint density at radius 1 is 0.974 bits per heavy atom. The number of benzene rings is 2. The molecule has 0 bridgehead atoms. The molecular formula is C28H27F3N4O3S. The fourth-order valence-electron chi connectivity index (χ4n) is 5.25. The second-order valence-corrected chi connectivity index (χ2v) is 10.6. The zero-order chi connectivity index (χ0) is 27.6. The van der Waals surface area contributed by atoms with E-state index in [2.05, 4.69) is 5.32 Å². The molecule has 11 heteroatoms. The summed E-state index contributed by atoms with van der Waals surface area (Å²) in [5, 5.41) is 4.49. The van der Waals surface area contributed by atoms with Crippen molar-refractivity contribution in [3.8, 4) is 0 Å². The average molecular weight is 557 g/mol. The molecule has 3 heterocycles. The van der Waals surface area contributed by atoms with E-state index in [0.29, 0.717) is 36.4 Å². The Hall–Kier alpha value is -3.86. The van der Waals surface area contributed by atoms with Crippen LogP contribution in [0, 0.1) is 0 Å². The van der Waals surface area contributed by atoms with Gasteiger partial charge in [0, 0.05) is 25.3 Å². The van der Waals surface area contributed by atoms with Gasteiger partial charge in [-0.2, -0.15) is 13.2 Å². The van der Waals surface area contributed by atoms with E-state index < -0.39 is 23.2 Å². The Kier molecular flexibility index (Phi) is 7.35. The van der Waals surface area contributed by atoms with Crippen molar-refractivity contribution in [3.05, 3.63) is 88.1 Å². The number of rotatable bonds is 6. The van der Waals surface area contributed by atoms with Gasteiger partial charge in [0.15, 0.2) is 0 Å². The van der Waals surface area contributed by atoms with Crippen LogP contribution < -0.4 is 10.2 Å². The summed E-state index contributed by atoms with van der Waals surface area (Å²) in [6.45, 7) is 0.695. The van der Waals surface area contributed by atoms with Crippen molar-refractivity contribution in [2.24, 2.45) is 0 Å². The number of anilines is 1. The van der Waals surface area contributed by atoms with Crippen molar-refractivity contribution in [1.29, 1.82) is 0 Å². The number of amides is 3. The fourth-order valence-corrected chi connectivity index (χ4v) is 5.94. The lowest BCUT2D eigenvalue weighted by Crippen LogP contribution is -2.57. The monoisotopic (exact) mass is 556 g/mol. The van der Waals surface area contributed by atoms with Gasteiger partial charge in [0.1, 0.15) is 12.1 Å². The van der Waals surface area contributed by atoms with Crippen LogP contribution in [0.5, 0.6) is 0 Å². The molecule has 2 aliphatic heterocycles. The van der Waals surface area contributed by atoms with Gasteiger partial charge in [0.2, 0.25) is 5.91 Å². The molecule has 2 aliphatic rings. The molecule has 2 saturated heterocycles. The SMILES string of the molecule is O=C(CN1CN(c2ccccc2)C2(CCN(C(=O)c3cccs3)CC2)C1=O)NCc1cccc(C(F)(F)F)c1. The van der Waals surface area contributed by atoms with Crippen molar-refractivity contribution in [2.75, 3.05) is 31.2 Å². The van der Waals surface area contributed by atoms with Crippen LogP contribution in [-0.2, 0) is 22.3 Å². The molecule has 204 valence electrons. The van der Waals surface area contributed by atoms with Crippen molar-refractivity contribution in [3.63, 3.8) is 0 Å². The third-order valence-electron chi connectivity index (χ3n) is 7.27. The lowest BCUT2D eigenvalue weighted by atomic mass is 9.85. The normalized spacial score (nSPS) is 17.1.